The van der Waals surface area contributed by atoms with Crippen LogP contribution in [0.25, 0.3) is 0 Å². The fraction of sp³-hybridized carbons (Fsp3) is 0.400. The fourth-order valence-corrected chi connectivity index (χ4v) is 1.98. The zero-order chi connectivity index (χ0) is 11.7. The highest BCUT2D eigenvalue weighted by Crippen LogP contribution is 2.45. The van der Waals surface area contributed by atoms with E-state index < -0.39 is 0 Å². The lowest BCUT2D eigenvalue weighted by atomic mass is 10.2. The minimum atomic E-state index is -0.159. The van der Waals surface area contributed by atoms with Crippen molar-refractivity contribution in [1.82, 2.24) is 0 Å². The number of ether oxygens (including phenoxy) is 3. The highest BCUT2D eigenvalue weighted by atomic mass is 79.9. The lowest BCUT2D eigenvalue weighted by Crippen LogP contribution is -2.33. The summed E-state index contributed by atoms with van der Waals surface area (Å²) < 4.78 is 16.9. The molecule has 16 heavy (non-hydrogen) atoms. The minimum Gasteiger partial charge on any atom is -0.484 e. The van der Waals surface area contributed by atoms with Gasteiger partial charge in [-0.25, -0.2) is 0 Å². The standard InChI is InChI=1S/C10H13BrN2O3/c1-14-3-5-4-15-9-7(12)2-6(11)8(13)10(9)16-5/h2,5H,3-4,12-13H2,1H3. The molecule has 1 aliphatic rings. The van der Waals surface area contributed by atoms with Crippen LogP contribution in [0, 0.1) is 0 Å². The topological polar surface area (TPSA) is 79.7 Å². The van der Waals surface area contributed by atoms with Crippen molar-refractivity contribution in [2.24, 2.45) is 0 Å². The van der Waals surface area contributed by atoms with Crippen LogP contribution in [-0.4, -0.2) is 26.4 Å². The van der Waals surface area contributed by atoms with Crippen LogP contribution in [0.4, 0.5) is 11.4 Å². The van der Waals surface area contributed by atoms with Gasteiger partial charge in [-0.05, 0) is 22.0 Å². The number of benzene rings is 1. The van der Waals surface area contributed by atoms with Crippen molar-refractivity contribution in [2.45, 2.75) is 6.10 Å². The van der Waals surface area contributed by atoms with Crippen molar-refractivity contribution >= 4 is 27.3 Å². The van der Waals surface area contributed by atoms with Crippen LogP contribution in [-0.2, 0) is 4.74 Å². The number of anilines is 2. The smallest absolute Gasteiger partial charge is 0.188 e. The molecule has 0 fully saturated rings. The van der Waals surface area contributed by atoms with Crippen molar-refractivity contribution in [2.75, 3.05) is 31.8 Å². The van der Waals surface area contributed by atoms with Gasteiger partial charge in [0.05, 0.1) is 18.0 Å². The summed E-state index contributed by atoms with van der Waals surface area (Å²) >= 11 is 3.31. The minimum absolute atomic E-state index is 0.159. The summed E-state index contributed by atoms with van der Waals surface area (Å²) in [5.74, 6) is 0.994. The molecule has 0 saturated heterocycles. The molecule has 0 radical (unpaired) electrons. The first-order valence-electron chi connectivity index (χ1n) is 4.79. The Bertz CT molecular complexity index is 412. The van der Waals surface area contributed by atoms with Gasteiger partial charge in [0.25, 0.3) is 0 Å². The van der Waals surface area contributed by atoms with Gasteiger partial charge in [0.15, 0.2) is 17.6 Å². The van der Waals surface area contributed by atoms with Crippen LogP contribution in [0.5, 0.6) is 11.5 Å². The second kappa shape index (κ2) is 4.39. The second-order valence-electron chi connectivity index (χ2n) is 3.53. The average Bonchev–Trinajstić information content (AvgIpc) is 2.26. The molecule has 1 aromatic rings. The predicted molar refractivity (Wildman–Crippen MR) is 64.8 cm³/mol. The number of rotatable bonds is 2. The third kappa shape index (κ3) is 1.90. The lowest BCUT2D eigenvalue weighted by Gasteiger charge is -2.28. The summed E-state index contributed by atoms with van der Waals surface area (Å²) in [6.45, 7) is 0.859. The monoisotopic (exact) mass is 288 g/mol. The first-order chi connectivity index (χ1) is 7.63. The molecule has 0 spiro atoms. The van der Waals surface area contributed by atoms with Crippen LogP contribution in [0.3, 0.4) is 0 Å². The normalized spacial score (nSPS) is 18.5. The highest BCUT2D eigenvalue weighted by molar-refractivity contribution is 9.10. The highest BCUT2D eigenvalue weighted by Gasteiger charge is 2.26. The summed E-state index contributed by atoms with van der Waals surface area (Å²) in [5, 5.41) is 0. The number of hydrogen-bond acceptors (Lipinski definition) is 5. The van der Waals surface area contributed by atoms with E-state index >= 15 is 0 Å². The average molecular weight is 289 g/mol. The zero-order valence-corrected chi connectivity index (χ0v) is 10.4. The summed E-state index contributed by atoms with van der Waals surface area (Å²) in [4.78, 5) is 0. The van der Waals surface area contributed by atoms with Crippen LogP contribution in [0.1, 0.15) is 0 Å². The molecule has 1 heterocycles. The molecule has 6 heteroatoms. The van der Waals surface area contributed by atoms with E-state index in [9.17, 15) is 0 Å². The number of hydrogen-bond donors (Lipinski definition) is 2. The van der Waals surface area contributed by atoms with Gasteiger partial charge in [-0.2, -0.15) is 0 Å². The van der Waals surface area contributed by atoms with E-state index in [1.807, 2.05) is 0 Å². The molecular weight excluding hydrogens is 276 g/mol. The molecule has 0 saturated carbocycles. The van der Waals surface area contributed by atoms with E-state index in [4.69, 9.17) is 25.7 Å². The Kier molecular flexibility index (Phi) is 3.11. The maximum absolute atomic E-state index is 5.88. The van der Waals surface area contributed by atoms with E-state index in [1.54, 1.807) is 13.2 Å². The number of methoxy groups -OCH3 is 1. The summed E-state index contributed by atoms with van der Waals surface area (Å²) in [6.07, 6.45) is -0.159. The molecule has 1 unspecified atom stereocenters. The van der Waals surface area contributed by atoms with Gasteiger partial charge in [0.2, 0.25) is 0 Å². The quantitative estimate of drug-likeness (QED) is 0.804. The van der Waals surface area contributed by atoms with Gasteiger partial charge in [0, 0.05) is 11.6 Å². The van der Waals surface area contributed by atoms with E-state index in [-0.39, 0.29) is 6.10 Å². The maximum atomic E-state index is 5.88. The predicted octanol–water partition coefficient (Wildman–Crippen LogP) is 1.40. The van der Waals surface area contributed by atoms with Gasteiger partial charge in [-0.15, -0.1) is 0 Å². The van der Waals surface area contributed by atoms with E-state index in [0.29, 0.717) is 40.6 Å². The van der Waals surface area contributed by atoms with Crippen LogP contribution in [0.2, 0.25) is 0 Å². The van der Waals surface area contributed by atoms with Crippen molar-refractivity contribution in [3.63, 3.8) is 0 Å². The van der Waals surface area contributed by atoms with Crippen molar-refractivity contribution in [1.29, 1.82) is 0 Å². The third-order valence-corrected chi connectivity index (χ3v) is 2.96. The van der Waals surface area contributed by atoms with Crippen LogP contribution >= 0.6 is 15.9 Å². The molecule has 1 aliphatic heterocycles. The Balaban J connectivity index is 2.36. The SMILES string of the molecule is COCC1COc2c(N)cc(Br)c(N)c2O1. The van der Waals surface area contributed by atoms with Gasteiger partial charge < -0.3 is 25.7 Å². The second-order valence-corrected chi connectivity index (χ2v) is 4.38. The first-order valence-corrected chi connectivity index (χ1v) is 5.58. The number of halogens is 1. The molecule has 0 aliphatic carbocycles. The maximum Gasteiger partial charge on any atom is 0.188 e. The molecule has 2 rings (SSSR count). The Morgan fingerprint density at radius 2 is 2.25 bits per heavy atom. The van der Waals surface area contributed by atoms with Crippen molar-refractivity contribution < 1.29 is 14.2 Å². The zero-order valence-electron chi connectivity index (χ0n) is 8.83. The molecule has 1 atom stereocenters. The molecule has 0 bridgehead atoms. The molecule has 4 N–H and O–H groups in total. The number of nitrogen functional groups attached to an aromatic ring is 2. The molecule has 0 amide bonds. The molecule has 5 nitrogen and oxygen atoms in total. The summed E-state index contributed by atoms with van der Waals surface area (Å²) in [6, 6.07) is 1.70. The van der Waals surface area contributed by atoms with Gasteiger partial charge in [0.1, 0.15) is 6.61 Å². The fourth-order valence-electron chi connectivity index (χ4n) is 1.55. The van der Waals surface area contributed by atoms with E-state index in [0.717, 1.165) is 0 Å². The molecule has 1 aromatic carbocycles. The van der Waals surface area contributed by atoms with Crippen LogP contribution < -0.4 is 20.9 Å². The number of nitrogens with two attached hydrogens (primary N) is 2. The van der Waals surface area contributed by atoms with Gasteiger partial charge in [-0.1, -0.05) is 0 Å². The van der Waals surface area contributed by atoms with E-state index in [1.165, 1.54) is 0 Å². The lowest BCUT2D eigenvalue weighted by molar-refractivity contribution is 0.0282. The molecule has 88 valence electrons. The summed E-state index contributed by atoms with van der Waals surface area (Å²) in [7, 11) is 1.61. The van der Waals surface area contributed by atoms with Crippen molar-refractivity contribution in [3.05, 3.63) is 10.5 Å². The molecular formula is C10H13BrN2O3. The largest absolute Gasteiger partial charge is 0.484 e. The first kappa shape index (κ1) is 11.3. The van der Waals surface area contributed by atoms with Crippen molar-refractivity contribution in [3.8, 4) is 11.5 Å². The Labute approximate surface area is 102 Å². The summed E-state index contributed by atoms with van der Waals surface area (Å²) in [5.41, 5.74) is 12.7. The van der Waals surface area contributed by atoms with Gasteiger partial charge >= 0.3 is 0 Å². The number of fused-ring (bicyclic) bond motifs is 1. The Hall–Kier alpha value is -1.14. The van der Waals surface area contributed by atoms with E-state index in [2.05, 4.69) is 15.9 Å². The van der Waals surface area contributed by atoms with Gasteiger partial charge in [-0.3, -0.25) is 0 Å². The van der Waals surface area contributed by atoms with Crippen LogP contribution in [0.15, 0.2) is 10.5 Å². The Morgan fingerprint density at radius 3 is 2.94 bits per heavy atom. The Morgan fingerprint density at radius 1 is 1.50 bits per heavy atom. The third-order valence-electron chi connectivity index (χ3n) is 2.30. The molecule has 0 aromatic heterocycles.